The SMILES string of the molecule is OC(CNc1nc(C2CC2)ns1)CN1CCOCC1. The minimum atomic E-state index is -0.383. The summed E-state index contributed by atoms with van der Waals surface area (Å²) in [6.07, 6.45) is 2.05. The molecule has 0 amide bonds. The fraction of sp³-hybridized carbons (Fsp3) is 0.833. The van der Waals surface area contributed by atoms with E-state index in [1.807, 2.05) is 0 Å². The van der Waals surface area contributed by atoms with Gasteiger partial charge in [-0.3, -0.25) is 4.90 Å². The molecule has 1 saturated carbocycles. The lowest BCUT2D eigenvalue weighted by molar-refractivity contribution is 0.0171. The zero-order valence-electron chi connectivity index (χ0n) is 10.9. The first-order valence-corrected chi connectivity index (χ1v) is 7.64. The van der Waals surface area contributed by atoms with Crippen molar-refractivity contribution < 1.29 is 9.84 Å². The van der Waals surface area contributed by atoms with Gasteiger partial charge in [-0.05, 0) is 12.8 Å². The van der Waals surface area contributed by atoms with Crippen LogP contribution in [0.25, 0.3) is 0 Å². The van der Waals surface area contributed by atoms with Gasteiger partial charge in [-0.1, -0.05) is 0 Å². The van der Waals surface area contributed by atoms with Crippen LogP contribution in [0.15, 0.2) is 0 Å². The van der Waals surface area contributed by atoms with Crippen LogP contribution in [0.3, 0.4) is 0 Å². The van der Waals surface area contributed by atoms with E-state index < -0.39 is 0 Å². The molecule has 6 nitrogen and oxygen atoms in total. The molecule has 1 aromatic heterocycles. The van der Waals surface area contributed by atoms with Gasteiger partial charge in [0.15, 0.2) is 0 Å². The predicted molar refractivity (Wildman–Crippen MR) is 73.6 cm³/mol. The van der Waals surface area contributed by atoms with Crippen LogP contribution in [0.2, 0.25) is 0 Å². The number of hydrogen-bond acceptors (Lipinski definition) is 7. The second-order valence-corrected chi connectivity index (χ2v) is 5.93. The first kappa shape index (κ1) is 13.2. The molecular weight excluding hydrogens is 264 g/mol. The summed E-state index contributed by atoms with van der Waals surface area (Å²) in [5.74, 6) is 1.56. The fourth-order valence-electron chi connectivity index (χ4n) is 2.17. The lowest BCUT2D eigenvalue weighted by atomic mass is 10.3. The molecule has 1 saturated heterocycles. The zero-order chi connectivity index (χ0) is 13.1. The predicted octanol–water partition coefficient (Wildman–Crippen LogP) is 0.520. The number of nitrogens with one attached hydrogen (secondary N) is 1. The van der Waals surface area contributed by atoms with Crippen molar-refractivity contribution in [2.24, 2.45) is 0 Å². The van der Waals surface area contributed by atoms with Crippen molar-refractivity contribution >= 4 is 16.7 Å². The zero-order valence-corrected chi connectivity index (χ0v) is 11.7. The van der Waals surface area contributed by atoms with E-state index in [0.717, 1.165) is 37.3 Å². The van der Waals surface area contributed by atoms with Gasteiger partial charge in [0.1, 0.15) is 5.82 Å². The van der Waals surface area contributed by atoms with Crippen molar-refractivity contribution in [2.45, 2.75) is 24.9 Å². The Hall–Kier alpha value is -0.760. The highest BCUT2D eigenvalue weighted by Gasteiger charge is 2.27. The average molecular weight is 284 g/mol. The maximum atomic E-state index is 10.0. The Balaban J connectivity index is 1.40. The van der Waals surface area contributed by atoms with Crippen LogP contribution in [-0.2, 0) is 4.74 Å². The number of aliphatic hydroxyl groups excluding tert-OH is 1. The quantitative estimate of drug-likeness (QED) is 0.794. The first-order chi connectivity index (χ1) is 9.31. The first-order valence-electron chi connectivity index (χ1n) is 6.87. The summed E-state index contributed by atoms with van der Waals surface area (Å²) in [6, 6.07) is 0. The molecule has 1 aliphatic carbocycles. The molecule has 0 bridgehead atoms. The standard InChI is InChI=1S/C12H20N4O2S/c17-10(8-16-3-5-18-6-4-16)7-13-12-14-11(15-19-12)9-1-2-9/h9-10,17H,1-8H2,(H,13,14,15). The van der Waals surface area contributed by atoms with Crippen molar-refractivity contribution in [2.75, 3.05) is 44.7 Å². The summed E-state index contributed by atoms with van der Waals surface area (Å²) >= 11 is 1.39. The van der Waals surface area contributed by atoms with Crippen LogP contribution in [0.4, 0.5) is 5.13 Å². The molecule has 7 heteroatoms. The van der Waals surface area contributed by atoms with Crippen molar-refractivity contribution in [1.82, 2.24) is 14.3 Å². The smallest absolute Gasteiger partial charge is 0.202 e. The number of aliphatic hydroxyl groups is 1. The van der Waals surface area contributed by atoms with E-state index >= 15 is 0 Å². The van der Waals surface area contributed by atoms with Crippen molar-refractivity contribution in [3.05, 3.63) is 5.82 Å². The summed E-state index contributed by atoms with van der Waals surface area (Å²) in [7, 11) is 0. The maximum absolute atomic E-state index is 10.0. The molecular formula is C12H20N4O2S. The van der Waals surface area contributed by atoms with Crippen molar-refractivity contribution in [1.29, 1.82) is 0 Å². The number of hydrogen-bond donors (Lipinski definition) is 2. The maximum Gasteiger partial charge on any atom is 0.202 e. The van der Waals surface area contributed by atoms with Crippen LogP contribution in [-0.4, -0.2) is 64.9 Å². The minimum absolute atomic E-state index is 0.383. The fourth-order valence-corrected chi connectivity index (χ4v) is 2.82. The molecule has 1 atom stereocenters. The Morgan fingerprint density at radius 3 is 2.95 bits per heavy atom. The monoisotopic (exact) mass is 284 g/mol. The van der Waals surface area contributed by atoms with E-state index in [1.165, 1.54) is 24.4 Å². The second-order valence-electron chi connectivity index (χ2n) is 5.18. The van der Waals surface area contributed by atoms with Crippen LogP contribution < -0.4 is 5.32 Å². The van der Waals surface area contributed by atoms with Crippen molar-refractivity contribution in [3.63, 3.8) is 0 Å². The van der Waals surface area contributed by atoms with Gasteiger partial charge in [-0.15, -0.1) is 0 Å². The molecule has 1 unspecified atom stereocenters. The van der Waals surface area contributed by atoms with E-state index in [0.29, 0.717) is 19.0 Å². The van der Waals surface area contributed by atoms with Crippen LogP contribution in [0.1, 0.15) is 24.6 Å². The van der Waals surface area contributed by atoms with Gasteiger partial charge in [0.2, 0.25) is 5.13 Å². The van der Waals surface area contributed by atoms with Gasteiger partial charge < -0.3 is 15.2 Å². The Kier molecular flexibility index (Phi) is 4.27. The highest BCUT2D eigenvalue weighted by molar-refractivity contribution is 7.09. The minimum Gasteiger partial charge on any atom is -0.390 e. The number of rotatable bonds is 6. The number of ether oxygens (including phenoxy) is 1. The Morgan fingerprint density at radius 2 is 2.21 bits per heavy atom. The molecule has 2 aliphatic rings. The normalized spacial score (nSPS) is 22.4. The molecule has 1 aromatic rings. The van der Waals surface area contributed by atoms with Gasteiger partial charge in [0, 0.05) is 43.6 Å². The highest BCUT2D eigenvalue weighted by Crippen LogP contribution is 2.39. The van der Waals surface area contributed by atoms with Crippen LogP contribution in [0.5, 0.6) is 0 Å². The number of morpholine rings is 1. The topological polar surface area (TPSA) is 70.5 Å². The Bertz CT molecular complexity index is 404. The van der Waals surface area contributed by atoms with E-state index in [-0.39, 0.29) is 6.10 Å². The summed E-state index contributed by atoms with van der Waals surface area (Å²) in [4.78, 5) is 6.67. The number of anilines is 1. The molecule has 0 aromatic carbocycles. The van der Waals surface area contributed by atoms with E-state index in [9.17, 15) is 5.11 Å². The largest absolute Gasteiger partial charge is 0.390 e. The molecule has 106 valence electrons. The lowest BCUT2D eigenvalue weighted by Crippen LogP contribution is -2.42. The van der Waals surface area contributed by atoms with Crippen LogP contribution in [0, 0.1) is 0 Å². The van der Waals surface area contributed by atoms with Crippen LogP contribution >= 0.6 is 11.5 Å². The number of β-amino-alcohol motifs (C(OH)–C–C–N with tert-alkyl or cyclic N) is 1. The third-order valence-corrected chi connectivity index (χ3v) is 4.13. The highest BCUT2D eigenvalue weighted by atomic mass is 32.1. The molecule has 0 radical (unpaired) electrons. The van der Waals surface area contributed by atoms with E-state index in [1.54, 1.807) is 0 Å². The summed E-state index contributed by atoms with van der Waals surface area (Å²) in [5.41, 5.74) is 0. The molecule has 1 aliphatic heterocycles. The van der Waals surface area contributed by atoms with Gasteiger partial charge in [0.25, 0.3) is 0 Å². The Labute approximate surface area is 117 Å². The molecule has 2 N–H and O–H groups in total. The lowest BCUT2D eigenvalue weighted by Gasteiger charge is -2.28. The number of nitrogens with zero attached hydrogens (tertiary/aromatic N) is 3. The Morgan fingerprint density at radius 1 is 1.42 bits per heavy atom. The second kappa shape index (κ2) is 6.13. The molecule has 3 rings (SSSR count). The summed E-state index contributed by atoms with van der Waals surface area (Å²) in [6.45, 7) is 4.55. The number of aromatic nitrogens is 2. The summed E-state index contributed by atoms with van der Waals surface area (Å²) < 4.78 is 9.62. The third kappa shape index (κ3) is 3.85. The van der Waals surface area contributed by atoms with E-state index in [2.05, 4.69) is 19.6 Å². The van der Waals surface area contributed by atoms with Gasteiger partial charge in [0.05, 0.1) is 19.3 Å². The van der Waals surface area contributed by atoms with Gasteiger partial charge in [-0.25, -0.2) is 4.98 Å². The molecule has 0 spiro atoms. The third-order valence-electron chi connectivity index (χ3n) is 3.45. The van der Waals surface area contributed by atoms with Crippen molar-refractivity contribution in [3.8, 4) is 0 Å². The van der Waals surface area contributed by atoms with Gasteiger partial charge >= 0.3 is 0 Å². The molecule has 2 fully saturated rings. The molecule has 2 heterocycles. The van der Waals surface area contributed by atoms with E-state index in [4.69, 9.17) is 4.74 Å². The summed E-state index contributed by atoms with van der Waals surface area (Å²) in [5, 5.41) is 14.0. The average Bonchev–Trinajstić information content (AvgIpc) is 3.17. The van der Waals surface area contributed by atoms with Gasteiger partial charge in [-0.2, -0.15) is 4.37 Å². The molecule has 19 heavy (non-hydrogen) atoms.